The highest BCUT2D eigenvalue weighted by molar-refractivity contribution is 5.97. The van der Waals surface area contributed by atoms with Crippen LogP contribution in [0.1, 0.15) is 33.1 Å². The molecule has 2 rings (SSSR count). The lowest BCUT2D eigenvalue weighted by Gasteiger charge is -2.24. The van der Waals surface area contributed by atoms with Crippen LogP contribution in [-0.2, 0) is 16.1 Å². The number of nitrogens with zero attached hydrogens (tertiary/aromatic N) is 4. The first-order chi connectivity index (χ1) is 11.4. The summed E-state index contributed by atoms with van der Waals surface area (Å²) >= 11 is 0. The number of hydrogen-bond donors (Lipinski definition) is 1. The van der Waals surface area contributed by atoms with Gasteiger partial charge in [-0.05, 0) is 27.4 Å². The Bertz CT molecular complexity index is 569. The first-order valence-electron chi connectivity index (χ1n) is 8.68. The lowest BCUT2D eigenvalue weighted by atomic mass is 10.1. The van der Waals surface area contributed by atoms with E-state index in [0.717, 1.165) is 25.9 Å². The van der Waals surface area contributed by atoms with Crippen LogP contribution in [0.5, 0.6) is 0 Å². The predicted octanol–water partition coefficient (Wildman–Crippen LogP) is 1.42. The van der Waals surface area contributed by atoms with Crippen LogP contribution in [0.4, 0.5) is 5.69 Å². The molecule has 1 aliphatic rings. The summed E-state index contributed by atoms with van der Waals surface area (Å²) in [6.45, 7) is 6.33. The number of amides is 2. The minimum Gasteiger partial charge on any atom is -0.339 e. The van der Waals surface area contributed by atoms with Gasteiger partial charge in [-0.25, -0.2) is 0 Å². The fourth-order valence-electron chi connectivity index (χ4n) is 3.00. The number of anilines is 1. The molecule has 0 spiro atoms. The Hall–Kier alpha value is -1.89. The molecule has 1 fully saturated rings. The number of aromatic nitrogens is 2. The van der Waals surface area contributed by atoms with E-state index in [2.05, 4.69) is 29.2 Å². The third-order valence-corrected chi connectivity index (χ3v) is 4.44. The van der Waals surface area contributed by atoms with Gasteiger partial charge in [-0.1, -0.05) is 13.3 Å². The van der Waals surface area contributed by atoms with Gasteiger partial charge in [0, 0.05) is 31.7 Å². The van der Waals surface area contributed by atoms with Crippen molar-refractivity contribution >= 4 is 17.5 Å². The van der Waals surface area contributed by atoms with Gasteiger partial charge in [0.25, 0.3) is 0 Å². The predicted molar refractivity (Wildman–Crippen MR) is 93.6 cm³/mol. The summed E-state index contributed by atoms with van der Waals surface area (Å²) in [7, 11) is 4.02. The van der Waals surface area contributed by atoms with Crippen molar-refractivity contribution in [3.63, 3.8) is 0 Å². The van der Waals surface area contributed by atoms with Crippen molar-refractivity contribution < 1.29 is 9.59 Å². The molecule has 1 aromatic heterocycles. The molecule has 24 heavy (non-hydrogen) atoms. The molecule has 0 bridgehead atoms. The van der Waals surface area contributed by atoms with Gasteiger partial charge in [0.1, 0.15) is 0 Å². The first kappa shape index (κ1) is 18.4. The van der Waals surface area contributed by atoms with Crippen LogP contribution in [0, 0.1) is 5.92 Å². The van der Waals surface area contributed by atoms with E-state index in [1.165, 1.54) is 0 Å². The van der Waals surface area contributed by atoms with Gasteiger partial charge in [0.2, 0.25) is 11.8 Å². The standard InChI is InChI=1S/C17H29N5O2/c1-5-6-13(2)22-11-14(9-16(22)23)17(24)19-15-10-18-21(12-15)8-7-20(3)4/h10,12-14H,5-9,11H2,1-4H3,(H,19,24)/t13-,14+/m0/s1. The highest BCUT2D eigenvalue weighted by Crippen LogP contribution is 2.23. The normalized spacial score (nSPS) is 19.1. The highest BCUT2D eigenvalue weighted by Gasteiger charge is 2.36. The lowest BCUT2D eigenvalue weighted by molar-refractivity contribution is -0.129. The van der Waals surface area contributed by atoms with Gasteiger partial charge in [0.05, 0.1) is 24.3 Å². The molecule has 7 nitrogen and oxygen atoms in total. The summed E-state index contributed by atoms with van der Waals surface area (Å²) in [5.41, 5.74) is 0.686. The molecule has 2 amide bonds. The van der Waals surface area contributed by atoms with Crippen LogP contribution in [0.15, 0.2) is 12.4 Å². The minimum absolute atomic E-state index is 0.0813. The Labute approximate surface area is 144 Å². The van der Waals surface area contributed by atoms with Crippen molar-refractivity contribution in [3.05, 3.63) is 12.4 Å². The van der Waals surface area contributed by atoms with Crippen LogP contribution in [-0.4, -0.2) is 64.6 Å². The Morgan fingerprint density at radius 3 is 2.92 bits per heavy atom. The number of nitrogens with one attached hydrogen (secondary N) is 1. The quantitative estimate of drug-likeness (QED) is 0.780. The number of hydrogen-bond acceptors (Lipinski definition) is 4. The van der Waals surface area contributed by atoms with E-state index in [1.54, 1.807) is 6.20 Å². The Balaban J connectivity index is 1.88. The third-order valence-electron chi connectivity index (χ3n) is 4.44. The molecule has 0 unspecified atom stereocenters. The minimum atomic E-state index is -0.276. The second-order valence-corrected chi connectivity index (χ2v) is 6.87. The van der Waals surface area contributed by atoms with E-state index in [0.29, 0.717) is 18.7 Å². The van der Waals surface area contributed by atoms with Crippen molar-refractivity contribution in [1.82, 2.24) is 19.6 Å². The molecule has 7 heteroatoms. The molecule has 1 aromatic rings. The lowest BCUT2D eigenvalue weighted by Crippen LogP contribution is -2.35. The topological polar surface area (TPSA) is 70.5 Å². The largest absolute Gasteiger partial charge is 0.339 e. The molecule has 1 saturated heterocycles. The van der Waals surface area contributed by atoms with Crippen LogP contribution < -0.4 is 5.32 Å². The van der Waals surface area contributed by atoms with Gasteiger partial charge in [0.15, 0.2) is 0 Å². The molecule has 0 saturated carbocycles. The van der Waals surface area contributed by atoms with E-state index < -0.39 is 0 Å². The number of rotatable bonds is 8. The molecule has 2 atom stereocenters. The Morgan fingerprint density at radius 2 is 2.25 bits per heavy atom. The zero-order valence-electron chi connectivity index (χ0n) is 15.2. The van der Waals surface area contributed by atoms with Crippen molar-refractivity contribution in [2.75, 3.05) is 32.5 Å². The molecule has 1 aliphatic heterocycles. The van der Waals surface area contributed by atoms with E-state index >= 15 is 0 Å². The van der Waals surface area contributed by atoms with Crippen LogP contribution in [0.3, 0.4) is 0 Å². The second-order valence-electron chi connectivity index (χ2n) is 6.87. The smallest absolute Gasteiger partial charge is 0.229 e. The van der Waals surface area contributed by atoms with Crippen molar-refractivity contribution in [2.24, 2.45) is 5.92 Å². The summed E-state index contributed by atoms with van der Waals surface area (Å²) in [5, 5.41) is 7.14. The van der Waals surface area contributed by atoms with Gasteiger partial charge in [-0.3, -0.25) is 14.3 Å². The molecular weight excluding hydrogens is 306 g/mol. The fourth-order valence-corrected chi connectivity index (χ4v) is 3.00. The summed E-state index contributed by atoms with van der Waals surface area (Å²) in [6.07, 6.45) is 5.79. The Morgan fingerprint density at radius 1 is 1.50 bits per heavy atom. The van der Waals surface area contributed by atoms with E-state index in [4.69, 9.17) is 0 Å². The number of carbonyl (C=O) groups is 2. The first-order valence-corrected chi connectivity index (χ1v) is 8.68. The van der Waals surface area contributed by atoms with Crippen molar-refractivity contribution in [1.29, 1.82) is 0 Å². The third kappa shape index (κ3) is 4.80. The Kier molecular flexibility index (Phi) is 6.36. The van der Waals surface area contributed by atoms with Gasteiger partial charge < -0.3 is 15.1 Å². The molecule has 0 radical (unpaired) electrons. The maximum absolute atomic E-state index is 12.4. The van der Waals surface area contributed by atoms with Gasteiger partial charge >= 0.3 is 0 Å². The number of carbonyl (C=O) groups excluding carboxylic acids is 2. The zero-order chi connectivity index (χ0) is 17.7. The van der Waals surface area contributed by atoms with E-state index in [1.807, 2.05) is 29.9 Å². The maximum atomic E-state index is 12.4. The molecule has 1 N–H and O–H groups in total. The highest BCUT2D eigenvalue weighted by atomic mass is 16.2. The molecular formula is C17H29N5O2. The zero-order valence-corrected chi connectivity index (χ0v) is 15.2. The molecule has 134 valence electrons. The average Bonchev–Trinajstić information content (AvgIpc) is 3.12. The van der Waals surface area contributed by atoms with Crippen molar-refractivity contribution in [3.8, 4) is 0 Å². The average molecular weight is 335 g/mol. The summed E-state index contributed by atoms with van der Waals surface area (Å²) < 4.78 is 1.81. The molecule has 0 aliphatic carbocycles. The summed E-state index contributed by atoms with van der Waals surface area (Å²) in [5.74, 6) is -0.290. The molecule has 0 aromatic carbocycles. The summed E-state index contributed by atoms with van der Waals surface area (Å²) in [4.78, 5) is 28.5. The van der Waals surface area contributed by atoms with E-state index in [-0.39, 0.29) is 23.8 Å². The van der Waals surface area contributed by atoms with Gasteiger partial charge in [-0.15, -0.1) is 0 Å². The fraction of sp³-hybridized carbons (Fsp3) is 0.706. The maximum Gasteiger partial charge on any atom is 0.229 e. The number of likely N-dealkylation sites (tertiary alicyclic amines) is 1. The molecule has 2 heterocycles. The SMILES string of the molecule is CCC[C@H](C)N1C[C@H](C(=O)Nc2cnn(CCN(C)C)c2)CC1=O. The van der Waals surface area contributed by atoms with Crippen molar-refractivity contribution in [2.45, 2.75) is 45.7 Å². The van der Waals surface area contributed by atoms with Crippen LogP contribution in [0.2, 0.25) is 0 Å². The van der Waals surface area contributed by atoms with Gasteiger partial charge in [-0.2, -0.15) is 5.10 Å². The summed E-state index contributed by atoms with van der Waals surface area (Å²) in [6, 6.07) is 0.203. The second kappa shape index (κ2) is 8.28. The van der Waals surface area contributed by atoms with E-state index in [9.17, 15) is 9.59 Å². The number of likely N-dealkylation sites (N-methyl/N-ethyl adjacent to an activating group) is 1. The van der Waals surface area contributed by atoms with Crippen LogP contribution in [0.25, 0.3) is 0 Å². The monoisotopic (exact) mass is 335 g/mol. The van der Waals surface area contributed by atoms with Crippen LogP contribution >= 0.6 is 0 Å².